The van der Waals surface area contributed by atoms with Gasteiger partial charge in [-0.25, -0.2) is 0 Å². The summed E-state index contributed by atoms with van der Waals surface area (Å²) in [6.45, 7) is 11.5. The second-order valence-corrected chi connectivity index (χ2v) is 3.81. The summed E-state index contributed by atoms with van der Waals surface area (Å²) in [6.07, 6.45) is 3.66. The van der Waals surface area contributed by atoms with Crippen LogP contribution in [0.5, 0.6) is 0 Å². The van der Waals surface area contributed by atoms with Crippen LogP contribution in [-0.4, -0.2) is 37.2 Å². The zero-order valence-corrected chi connectivity index (χ0v) is 10.6. The molecule has 1 fully saturated rings. The van der Waals surface area contributed by atoms with Gasteiger partial charge in [0, 0.05) is 13.2 Å². The summed E-state index contributed by atoms with van der Waals surface area (Å²) in [5.74, 6) is 0. The van der Waals surface area contributed by atoms with E-state index in [2.05, 4.69) is 25.8 Å². The Labute approximate surface area is 89.6 Å². The molecule has 2 heteroatoms. The summed E-state index contributed by atoms with van der Waals surface area (Å²) in [7, 11) is 2.18. The van der Waals surface area contributed by atoms with Crippen LogP contribution in [0.15, 0.2) is 0 Å². The Morgan fingerprint density at radius 2 is 1.93 bits per heavy atom. The fraction of sp³-hybridized carbons (Fsp3) is 1.00. The monoisotopic (exact) mass is 201 g/mol. The molecule has 0 aromatic carbocycles. The molecule has 1 aliphatic rings. The number of rotatable bonds is 3. The van der Waals surface area contributed by atoms with Gasteiger partial charge in [-0.1, -0.05) is 20.8 Å². The minimum absolute atomic E-state index is 0.168. The van der Waals surface area contributed by atoms with Gasteiger partial charge in [0.15, 0.2) is 0 Å². The van der Waals surface area contributed by atoms with Crippen molar-refractivity contribution in [2.24, 2.45) is 0 Å². The van der Waals surface area contributed by atoms with Crippen LogP contribution in [0, 0.1) is 0 Å². The maximum absolute atomic E-state index is 5.85. The second-order valence-electron chi connectivity index (χ2n) is 3.81. The fourth-order valence-electron chi connectivity index (χ4n) is 2.14. The van der Waals surface area contributed by atoms with Gasteiger partial charge in [0.05, 0.1) is 5.60 Å². The van der Waals surface area contributed by atoms with Crippen molar-refractivity contribution in [2.75, 3.05) is 26.7 Å². The van der Waals surface area contributed by atoms with Gasteiger partial charge < -0.3 is 9.64 Å². The number of hydrogen-bond acceptors (Lipinski definition) is 2. The van der Waals surface area contributed by atoms with E-state index in [1.807, 2.05) is 13.8 Å². The van der Waals surface area contributed by atoms with E-state index in [1.165, 1.54) is 19.4 Å². The summed E-state index contributed by atoms with van der Waals surface area (Å²) in [6, 6.07) is 0. The van der Waals surface area contributed by atoms with E-state index in [9.17, 15) is 0 Å². The van der Waals surface area contributed by atoms with Crippen molar-refractivity contribution in [1.29, 1.82) is 0 Å². The Bertz CT molecular complexity index is 134. The molecule has 0 aromatic rings. The molecule has 1 aliphatic heterocycles. The highest BCUT2D eigenvalue weighted by molar-refractivity contribution is 4.86. The second kappa shape index (κ2) is 7.24. The molecule has 0 aliphatic carbocycles. The summed E-state index contributed by atoms with van der Waals surface area (Å²) in [5, 5.41) is 0. The van der Waals surface area contributed by atoms with E-state index >= 15 is 0 Å². The maximum Gasteiger partial charge on any atom is 0.0806 e. The molecular formula is C12H27NO. The molecule has 0 N–H and O–H groups in total. The van der Waals surface area contributed by atoms with Crippen molar-refractivity contribution in [2.45, 2.75) is 52.6 Å². The quantitative estimate of drug-likeness (QED) is 0.696. The predicted molar refractivity (Wildman–Crippen MR) is 62.7 cm³/mol. The van der Waals surface area contributed by atoms with Crippen LogP contribution >= 0.6 is 0 Å². The highest BCUT2D eigenvalue weighted by Gasteiger charge is 2.32. The number of ether oxygens (including phenoxy) is 1. The van der Waals surface area contributed by atoms with Gasteiger partial charge in [-0.3, -0.25) is 0 Å². The van der Waals surface area contributed by atoms with Gasteiger partial charge in [-0.2, -0.15) is 0 Å². The first-order valence-corrected chi connectivity index (χ1v) is 6.05. The number of hydrogen-bond donors (Lipinski definition) is 0. The van der Waals surface area contributed by atoms with Crippen LogP contribution in [0.1, 0.15) is 47.0 Å². The molecule has 0 radical (unpaired) electrons. The van der Waals surface area contributed by atoms with E-state index in [0.717, 1.165) is 19.6 Å². The molecule has 1 heterocycles. The lowest BCUT2D eigenvalue weighted by molar-refractivity contribution is -0.0830. The Balaban J connectivity index is 0.000000791. The van der Waals surface area contributed by atoms with Crippen LogP contribution < -0.4 is 0 Å². The molecule has 86 valence electrons. The first-order valence-electron chi connectivity index (χ1n) is 6.05. The minimum Gasteiger partial charge on any atom is -0.374 e. The molecule has 1 rings (SSSR count). The van der Waals surface area contributed by atoms with E-state index in [0.29, 0.717) is 0 Å². The summed E-state index contributed by atoms with van der Waals surface area (Å²) in [4.78, 5) is 2.38. The van der Waals surface area contributed by atoms with Crippen molar-refractivity contribution >= 4 is 0 Å². The van der Waals surface area contributed by atoms with Crippen molar-refractivity contribution in [3.63, 3.8) is 0 Å². The predicted octanol–water partition coefficient (Wildman–Crippen LogP) is 2.92. The first-order chi connectivity index (χ1) is 6.72. The maximum atomic E-state index is 5.85. The van der Waals surface area contributed by atoms with Gasteiger partial charge in [-0.15, -0.1) is 0 Å². The van der Waals surface area contributed by atoms with E-state index in [-0.39, 0.29) is 5.60 Å². The standard InChI is InChI=1S/C10H21NO.C2H6/c1-4-10(12-5-2)7-6-8-11(3)9-10;1-2/h4-9H2,1-3H3;1-2H3. The van der Waals surface area contributed by atoms with E-state index < -0.39 is 0 Å². The average molecular weight is 201 g/mol. The third-order valence-electron chi connectivity index (χ3n) is 2.83. The fourth-order valence-corrected chi connectivity index (χ4v) is 2.14. The van der Waals surface area contributed by atoms with Gasteiger partial charge in [0.2, 0.25) is 0 Å². The van der Waals surface area contributed by atoms with Gasteiger partial charge in [-0.05, 0) is 39.8 Å². The Hall–Kier alpha value is -0.0800. The Kier molecular flexibility index (Phi) is 7.20. The lowest BCUT2D eigenvalue weighted by Gasteiger charge is -2.40. The molecule has 0 spiro atoms. The summed E-state index contributed by atoms with van der Waals surface area (Å²) < 4.78 is 5.85. The molecule has 0 bridgehead atoms. The topological polar surface area (TPSA) is 12.5 Å². The van der Waals surface area contributed by atoms with Gasteiger partial charge >= 0.3 is 0 Å². The van der Waals surface area contributed by atoms with Crippen LogP contribution in [0.2, 0.25) is 0 Å². The largest absolute Gasteiger partial charge is 0.374 e. The smallest absolute Gasteiger partial charge is 0.0806 e. The SMILES string of the molecule is CC.CCOC1(CC)CCCN(C)C1. The highest BCUT2D eigenvalue weighted by Crippen LogP contribution is 2.27. The third-order valence-corrected chi connectivity index (χ3v) is 2.83. The van der Waals surface area contributed by atoms with Crippen molar-refractivity contribution in [1.82, 2.24) is 4.90 Å². The zero-order chi connectivity index (χ0) is 11.0. The molecule has 2 nitrogen and oxygen atoms in total. The lowest BCUT2D eigenvalue weighted by Crippen LogP contribution is -2.47. The van der Waals surface area contributed by atoms with Crippen molar-refractivity contribution < 1.29 is 4.74 Å². The molecule has 1 saturated heterocycles. The molecule has 1 atom stereocenters. The van der Waals surface area contributed by atoms with E-state index in [1.54, 1.807) is 0 Å². The van der Waals surface area contributed by atoms with Crippen LogP contribution in [-0.2, 0) is 4.74 Å². The average Bonchev–Trinajstić information content (AvgIpc) is 2.21. The van der Waals surface area contributed by atoms with Crippen molar-refractivity contribution in [3.05, 3.63) is 0 Å². The zero-order valence-electron chi connectivity index (χ0n) is 10.6. The molecule has 0 amide bonds. The minimum atomic E-state index is 0.168. The third kappa shape index (κ3) is 3.97. The molecular weight excluding hydrogens is 174 g/mol. The Morgan fingerprint density at radius 1 is 1.29 bits per heavy atom. The van der Waals surface area contributed by atoms with Crippen LogP contribution in [0.4, 0.5) is 0 Å². The van der Waals surface area contributed by atoms with E-state index in [4.69, 9.17) is 4.74 Å². The molecule has 14 heavy (non-hydrogen) atoms. The highest BCUT2D eigenvalue weighted by atomic mass is 16.5. The van der Waals surface area contributed by atoms with Crippen LogP contribution in [0.25, 0.3) is 0 Å². The van der Waals surface area contributed by atoms with Gasteiger partial charge in [0.25, 0.3) is 0 Å². The number of likely N-dealkylation sites (tertiary alicyclic amines) is 1. The molecule has 0 aromatic heterocycles. The lowest BCUT2D eigenvalue weighted by atomic mass is 9.90. The van der Waals surface area contributed by atoms with Crippen molar-refractivity contribution in [3.8, 4) is 0 Å². The number of nitrogens with zero attached hydrogens (tertiary/aromatic N) is 1. The first kappa shape index (κ1) is 13.9. The normalized spacial score (nSPS) is 28.1. The number of piperidine rings is 1. The Morgan fingerprint density at radius 3 is 2.36 bits per heavy atom. The summed E-state index contributed by atoms with van der Waals surface area (Å²) in [5.41, 5.74) is 0.168. The number of likely N-dealkylation sites (N-methyl/N-ethyl adjacent to an activating group) is 1. The van der Waals surface area contributed by atoms with Crippen LogP contribution in [0.3, 0.4) is 0 Å². The molecule has 0 saturated carbocycles. The van der Waals surface area contributed by atoms with Gasteiger partial charge in [0.1, 0.15) is 0 Å². The summed E-state index contributed by atoms with van der Waals surface area (Å²) >= 11 is 0. The molecule has 1 unspecified atom stereocenters.